The molecule has 1 heterocycles. The van der Waals surface area contributed by atoms with Gasteiger partial charge in [0.15, 0.2) is 11.0 Å². The van der Waals surface area contributed by atoms with Gasteiger partial charge in [-0.25, -0.2) is 18.4 Å². The number of aryl methyl sites for hydroxylation is 1. The third-order valence-electron chi connectivity index (χ3n) is 3.65. The molecule has 0 aliphatic rings. The van der Waals surface area contributed by atoms with Crippen molar-refractivity contribution in [3.05, 3.63) is 72.6 Å². The van der Waals surface area contributed by atoms with Crippen LogP contribution in [0.25, 0.3) is 21.8 Å². The normalized spacial score (nSPS) is 11.2. The Labute approximate surface area is 139 Å². The van der Waals surface area contributed by atoms with E-state index in [1.807, 2.05) is 13.3 Å². The molecule has 0 radical (unpaired) electrons. The Bertz CT molecular complexity index is 1030. The monoisotopic (exact) mass is 340 g/mol. The van der Waals surface area contributed by atoms with Crippen molar-refractivity contribution in [3.63, 3.8) is 0 Å². The first-order valence-electron chi connectivity index (χ1n) is 7.33. The van der Waals surface area contributed by atoms with Crippen molar-refractivity contribution >= 4 is 31.9 Å². The molecule has 122 valence electrons. The van der Waals surface area contributed by atoms with Gasteiger partial charge in [-0.2, -0.15) is 0 Å². The highest BCUT2D eigenvalue weighted by atomic mass is 32.2. The number of aromatic nitrogens is 2. The lowest BCUT2D eigenvalue weighted by Crippen LogP contribution is -1.97. The first kappa shape index (κ1) is 16.2. The summed E-state index contributed by atoms with van der Waals surface area (Å²) in [5.41, 5.74) is 3.23. The molecule has 4 rings (SSSR count). The highest BCUT2D eigenvalue weighted by Gasteiger charge is 2.02. The smallest absolute Gasteiger partial charge is 0.240 e. The number of nitrogens with one attached hydrogen (secondary N) is 2. The van der Waals surface area contributed by atoms with Crippen molar-refractivity contribution in [1.82, 2.24) is 4.98 Å². The summed E-state index contributed by atoms with van der Waals surface area (Å²) in [6, 6.07) is 18.4. The SMILES string of the molecule is Cc1ccc(S(=O)(=O)[O-])cc1.c1ccc2cc3[nH+]c[nH]c3cc2c1. The van der Waals surface area contributed by atoms with E-state index in [0.717, 1.165) is 16.6 Å². The molecule has 0 saturated carbocycles. The van der Waals surface area contributed by atoms with Crippen LogP contribution in [0.2, 0.25) is 0 Å². The molecule has 0 amide bonds. The third kappa shape index (κ3) is 3.61. The molecule has 0 fully saturated rings. The van der Waals surface area contributed by atoms with Crippen LogP contribution in [-0.2, 0) is 10.1 Å². The fourth-order valence-corrected chi connectivity index (χ4v) is 2.85. The van der Waals surface area contributed by atoms with E-state index in [2.05, 4.69) is 46.4 Å². The number of benzene rings is 3. The summed E-state index contributed by atoms with van der Waals surface area (Å²) in [7, 11) is -4.27. The molecule has 0 saturated heterocycles. The Morgan fingerprint density at radius 1 is 0.958 bits per heavy atom. The van der Waals surface area contributed by atoms with Crippen LogP contribution in [-0.4, -0.2) is 18.0 Å². The molecule has 5 nitrogen and oxygen atoms in total. The fraction of sp³-hybridized carbons (Fsp3) is 0.0556. The van der Waals surface area contributed by atoms with Gasteiger partial charge in [0.2, 0.25) is 6.33 Å². The molecular formula is C18H16N2O3S. The summed E-state index contributed by atoms with van der Waals surface area (Å²) in [4.78, 5) is 6.13. The number of hydrogen-bond acceptors (Lipinski definition) is 3. The summed E-state index contributed by atoms with van der Waals surface area (Å²) >= 11 is 0. The zero-order chi connectivity index (χ0) is 17.2. The van der Waals surface area contributed by atoms with Crippen molar-refractivity contribution in [2.24, 2.45) is 0 Å². The van der Waals surface area contributed by atoms with Crippen LogP contribution in [0, 0.1) is 6.92 Å². The van der Waals surface area contributed by atoms with Crippen LogP contribution in [0.4, 0.5) is 0 Å². The summed E-state index contributed by atoms with van der Waals surface area (Å²) in [6.07, 6.45) is 1.85. The highest BCUT2D eigenvalue weighted by molar-refractivity contribution is 7.85. The minimum absolute atomic E-state index is 0.178. The lowest BCUT2D eigenvalue weighted by atomic mass is 10.1. The molecule has 1 aromatic heterocycles. The quantitative estimate of drug-likeness (QED) is 0.540. The molecule has 0 unspecified atom stereocenters. The number of aromatic amines is 2. The van der Waals surface area contributed by atoms with E-state index in [-0.39, 0.29) is 4.90 Å². The van der Waals surface area contributed by atoms with Crippen LogP contribution < -0.4 is 4.98 Å². The number of imidazole rings is 1. The van der Waals surface area contributed by atoms with Crippen LogP contribution in [0.1, 0.15) is 5.56 Å². The molecule has 0 aliphatic heterocycles. The molecule has 24 heavy (non-hydrogen) atoms. The maximum Gasteiger partial charge on any atom is 0.240 e. The van der Waals surface area contributed by atoms with Crippen molar-refractivity contribution in [3.8, 4) is 0 Å². The molecular weight excluding hydrogens is 324 g/mol. The second-order valence-corrected chi connectivity index (χ2v) is 6.82. The lowest BCUT2D eigenvalue weighted by molar-refractivity contribution is -0.344. The minimum Gasteiger partial charge on any atom is -0.744 e. The third-order valence-corrected chi connectivity index (χ3v) is 4.50. The number of hydrogen-bond donors (Lipinski definition) is 1. The first-order chi connectivity index (χ1) is 11.4. The van der Waals surface area contributed by atoms with Crippen LogP contribution in [0.5, 0.6) is 0 Å². The number of fused-ring (bicyclic) bond motifs is 2. The van der Waals surface area contributed by atoms with Crippen molar-refractivity contribution < 1.29 is 18.0 Å². The standard InChI is InChI=1S/C11H8N2.C7H8O3S/c1-2-4-9-6-11-10(12-7-13-11)5-8(9)3-1;1-6-2-4-7(5-3-6)11(8,9)10/h1-7H,(H,12,13);2-5H,1H3,(H,8,9,10). The second kappa shape index (κ2) is 6.43. The van der Waals surface area contributed by atoms with Gasteiger partial charge >= 0.3 is 0 Å². The van der Waals surface area contributed by atoms with Crippen molar-refractivity contribution in [2.75, 3.05) is 0 Å². The zero-order valence-corrected chi connectivity index (χ0v) is 13.8. The average Bonchev–Trinajstić information content (AvgIpc) is 3.00. The van der Waals surface area contributed by atoms with E-state index in [1.165, 1.54) is 22.9 Å². The van der Waals surface area contributed by atoms with Gasteiger partial charge in [0.1, 0.15) is 10.1 Å². The van der Waals surface area contributed by atoms with E-state index in [0.29, 0.717) is 0 Å². The maximum atomic E-state index is 10.4. The fourth-order valence-electron chi connectivity index (χ4n) is 2.38. The van der Waals surface area contributed by atoms with Gasteiger partial charge in [-0.05, 0) is 42.0 Å². The van der Waals surface area contributed by atoms with E-state index in [1.54, 1.807) is 12.1 Å². The number of H-pyrrole nitrogens is 2. The van der Waals surface area contributed by atoms with Gasteiger partial charge in [0, 0.05) is 0 Å². The average molecular weight is 340 g/mol. The van der Waals surface area contributed by atoms with Gasteiger partial charge in [0.25, 0.3) is 0 Å². The van der Waals surface area contributed by atoms with E-state index < -0.39 is 10.1 Å². The second-order valence-electron chi connectivity index (χ2n) is 5.45. The molecule has 0 atom stereocenters. The molecule has 3 aromatic carbocycles. The van der Waals surface area contributed by atoms with Gasteiger partial charge in [-0.3, -0.25) is 0 Å². The lowest BCUT2D eigenvalue weighted by Gasteiger charge is -2.05. The Morgan fingerprint density at radius 2 is 1.58 bits per heavy atom. The largest absolute Gasteiger partial charge is 0.744 e. The van der Waals surface area contributed by atoms with E-state index in [9.17, 15) is 13.0 Å². The Morgan fingerprint density at radius 3 is 2.21 bits per heavy atom. The summed E-state index contributed by atoms with van der Waals surface area (Å²) in [5.74, 6) is 0. The van der Waals surface area contributed by atoms with Crippen LogP contribution in [0.3, 0.4) is 0 Å². The maximum absolute atomic E-state index is 10.4. The predicted octanol–water partition coefficient (Wildman–Crippen LogP) is 3.03. The van der Waals surface area contributed by atoms with Crippen molar-refractivity contribution in [2.45, 2.75) is 11.8 Å². The topological polar surface area (TPSA) is 87.1 Å². The van der Waals surface area contributed by atoms with Gasteiger partial charge in [-0.1, -0.05) is 42.0 Å². The summed E-state index contributed by atoms with van der Waals surface area (Å²) < 4.78 is 31.2. The Balaban J connectivity index is 0.000000144. The van der Waals surface area contributed by atoms with E-state index in [4.69, 9.17) is 0 Å². The van der Waals surface area contributed by atoms with E-state index >= 15 is 0 Å². The molecule has 0 aliphatic carbocycles. The molecule has 0 bridgehead atoms. The number of rotatable bonds is 1. The Hall–Kier alpha value is -2.70. The predicted molar refractivity (Wildman–Crippen MR) is 91.5 cm³/mol. The summed E-state index contributed by atoms with van der Waals surface area (Å²) in [6.45, 7) is 1.82. The van der Waals surface area contributed by atoms with Gasteiger partial charge in [-0.15, -0.1) is 0 Å². The Kier molecular flexibility index (Phi) is 4.33. The van der Waals surface area contributed by atoms with Crippen LogP contribution in [0.15, 0.2) is 71.9 Å². The highest BCUT2D eigenvalue weighted by Crippen LogP contribution is 2.18. The molecule has 2 N–H and O–H groups in total. The zero-order valence-electron chi connectivity index (χ0n) is 13.0. The van der Waals surface area contributed by atoms with Gasteiger partial charge in [0.05, 0.1) is 4.90 Å². The molecule has 6 heteroatoms. The molecule has 4 aromatic rings. The molecule has 0 spiro atoms. The first-order valence-corrected chi connectivity index (χ1v) is 8.74. The van der Waals surface area contributed by atoms with Crippen molar-refractivity contribution in [1.29, 1.82) is 0 Å². The van der Waals surface area contributed by atoms with Gasteiger partial charge < -0.3 is 4.55 Å². The van der Waals surface area contributed by atoms with Crippen LogP contribution >= 0.6 is 0 Å². The minimum atomic E-state index is -4.27. The summed E-state index contributed by atoms with van der Waals surface area (Å²) in [5, 5.41) is 2.54.